The second kappa shape index (κ2) is 5.21. The summed E-state index contributed by atoms with van der Waals surface area (Å²) in [6.45, 7) is 9.33. The molecule has 1 aromatic carbocycles. The van der Waals surface area contributed by atoms with Crippen LogP contribution in [0.25, 0.3) is 0 Å². The number of nitrogens with one attached hydrogen (secondary N) is 1. The molecule has 0 unspecified atom stereocenters. The van der Waals surface area contributed by atoms with E-state index in [9.17, 15) is 4.55 Å². The molecule has 1 aromatic rings. The van der Waals surface area contributed by atoms with Crippen LogP contribution in [0.5, 0.6) is 0 Å². The average Bonchev–Trinajstić information content (AvgIpc) is 2.74. The molecule has 0 aromatic heterocycles. The Morgan fingerprint density at radius 1 is 1.33 bits per heavy atom. The third-order valence-electron chi connectivity index (χ3n) is 3.12. The Morgan fingerprint density at radius 2 is 2.06 bits per heavy atom. The smallest absolute Gasteiger partial charge is 0.136 e. The van der Waals surface area contributed by atoms with Crippen LogP contribution in [0.15, 0.2) is 18.2 Å². The summed E-state index contributed by atoms with van der Waals surface area (Å²) in [7, 11) is 0. The molecule has 2 atom stereocenters. The van der Waals surface area contributed by atoms with Gasteiger partial charge < -0.3 is 9.29 Å². The Labute approximate surface area is 112 Å². The van der Waals surface area contributed by atoms with E-state index in [1.54, 1.807) is 0 Å². The lowest BCUT2D eigenvalue weighted by Gasteiger charge is -2.27. The molecule has 0 saturated carbocycles. The lowest BCUT2D eigenvalue weighted by molar-refractivity contribution is 0.134. The van der Waals surface area contributed by atoms with Crippen molar-refractivity contribution in [1.82, 2.24) is 4.72 Å². The Kier molecular flexibility index (Phi) is 4.02. The van der Waals surface area contributed by atoms with Crippen molar-refractivity contribution in [3.05, 3.63) is 34.9 Å². The molecule has 0 amide bonds. The van der Waals surface area contributed by atoms with Crippen LogP contribution < -0.4 is 4.72 Å². The van der Waals surface area contributed by atoms with Gasteiger partial charge in [-0.05, 0) is 44.4 Å². The van der Waals surface area contributed by atoms with E-state index in [0.717, 1.165) is 0 Å². The Bertz CT molecular complexity index is 428. The van der Waals surface area contributed by atoms with Gasteiger partial charge in [0.05, 0.1) is 19.3 Å². The summed E-state index contributed by atoms with van der Waals surface area (Å²) >= 11 is -1.06. The molecular weight excluding hydrogens is 246 g/mol. The van der Waals surface area contributed by atoms with Crippen LogP contribution in [0.4, 0.5) is 0 Å². The molecule has 0 spiro atoms. The molecular formula is C14H21NO2S. The van der Waals surface area contributed by atoms with Crippen LogP contribution in [0.2, 0.25) is 0 Å². The number of hydrogen-bond acceptors (Lipinski definition) is 3. The minimum Gasteiger partial charge on any atom is -0.598 e. The monoisotopic (exact) mass is 267 g/mol. The van der Waals surface area contributed by atoms with Crippen LogP contribution in [-0.2, 0) is 29.3 Å². The van der Waals surface area contributed by atoms with Crippen LogP contribution >= 0.6 is 0 Å². The van der Waals surface area contributed by atoms with Crippen LogP contribution in [0, 0.1) is 0 Å². The molecule has 2 rings (SSSR count). The molecule has 0 radical (unpaired) electrons. The molecule has 18 heavy (non-hydrogen) atoms. The van der Waals surface area contributed by atoms with Crippen molar-refractivity contribution in [2.45, 2.75) is 51.7 Å². The van der Waals surface area contributed by atoms with Crippen molar-refractivity contribution in [1.29, 1.82) is 0 Å². The van der Waals surface area contributed by atoms with Crippen molar-refractivity contribution < 1.29 is 9.29 Å². The van der Waals surface area contributed by atoms with Crippen LogP contribution in [0.3, 0.4) is 0 Å². The van der Waals surface area contributed by atoms with Gasteiger partial charge in [0.2, 0.25) is 0 Å². The normalized spacial score (nSPS) is 18.5. The number of rotatable bonds is 3. The summed E-state index contributed by atoms with van der Waals surface area (Å²) in [6.07, 6.45) is 0. The molecule has 1 N–H and O–H groups in total. The maximum absolute atomic E-state index is 12.1. The Morgan fingerprint density at radius 3 is 2.72 bits per heavy atom. The Balaban J connectivity index is 2.15. The zero-order valence-electron chi connectivity index (χ0n) is 11.4. The maximum Gasteiger partial charge on any atom is 0.136 e. The van der Waals surface area contributed by atoms with E-state index in [4.69, 9.17) is 4.74 Å². The summed E-state index contributed by atoms with van der Waals surface area (Å²) in [4.78, 5) is 0. The summed E-state index contributed by atoms with van der Waals surface area (Å²) in [5.74, 6) is 0. The number of fused-ring (bicyclic) bond motifs is 1. The number of benzene rings is 1. The van der Waals surface area contributed by atoms with E-state index >= 15 is 0 Å². The molecule has 0 saturated heterocycles. The molecule has 3 nitrogen and oxygen atoms in total. The van der Waals surface area contributed by atoms with E-state index in [2.05, 4.69) is 23.8 Å². The predicted octanol–water partition coefficient (Wildman–Crippen LogP) is 2.83. The van der Waals surface area contributed by atoms with E-state index < -0.39 is 11.4 Å². The van der Waals surface area contributed by atoms with Crippen molar-refractivity contribution in [3.8, 4) is 0 Å². The SMILES string of the molecule is C[C@H](N[S@+]([O-])C(C)(C)C)c1cccc2c1COC2. The molecule has 0 bridgehead atoms. The van der Waals surface area contributed by atoms with E-state index in [-0.39, 0.29) is 10.8 Å². The van der Waals surface area contributed by atoms with Crippen LogP contribution in [-0.4, -0.2) is 9.30 Å². The van der Waals surface area contributed by atoms with Crippen molar-refractivity contribution in [2.24, 2.45) is 0 Å². The highest BCUT2D eigenvalue weighted by molar-refractivity contribution is 7.90. The van der Waals surface area contributed by atoms with E-state index in [1.807, 2.05) is 26.8 Å². The molecule has 1 aliphatic rings. The van der Waals surface area contributed by atoms with Gasteiger partial charge in [-0.3, -0.25) is 0 Å². The summed E-state index contributed by atoms with van der Waals surface area (Å²) in [5, 5.41) is 0. The van der Waals surface area contributed by atoms with Gasteiger partial charge in [-0.2, -0.15) is 0 Å². The molecule has 100 valence electrons. The van der Waals surface area contributed by atoms with Gasteiger partial charge in [0.1, 0.15) is 4.75 Å². The molecule has 4 heteroatoms. The third kappa shape index (κ3) is 2.88. The fourth-order valence-electron chi connectivity index (χ4n) is 2.04. The van der Waals surface area contributed by atoms with Crippen LogP contribution in [0.1, 0.15) is 50.4 Å². The summed E-state index contributed by atoms with van der Waals surface area (Å²) < 4.78 is 20.5. The average molecular weight is 267 g/mol. The summed E-state index contributed by atoms with van der Waals surface area (Å²) in [5.41, 5.74) is 3.70. The number of ether oxygens (including phenoxy) is 1. The zero-order valence-corrected chi connectivity index (χ0v) is 12.3. The van der Waals surface area contributed by atoms with Gasteiger partial charge in [-0.1, -0.05) is 18.2 Å². The quantitative estimate of drug-likeness (QED) is 0.856. The highest BCUT2D eigenvalue weighted by atomic mass is 32.2. The van der Waals surface area contributed by atoms with Gasteiger partial charge >= 0.3 is 0 Å². The van der Waals surface area contributed by atoms with Gasteiger partial charge in [0, 0.05) is 11.4 Å². The maximum atomic E-state index is 12.1. The fourth-order valence-corrected chi connectivity index (χ4v) is 2.84. The third-order valence-corrected chi connectivity index (χ3v) is 4.80. The first-order chi connectivity index (χ1) is 8.39. The molecule has 1 aliphatic heterocycles. The zero-order chi connectivity index (χ0) is 13.3. The van der Waals surface area contributed by atoms with E-state index in [1.165, 1.54) is 16.7 Å². The van der Waals surface area contributed by atoms with E-state index in [0.29, 0.717) is 13.2 Å². The Hall–Kier alpha value is -0.550. The summed E-state index contributed by atoms with van der Waals surface area (Å²) in [6, 6.07) is 6.30. The first-order valence-electron chi connectivity index (χ1n) is 6.26. The van der Waals surface area contributed by atoms with Gasteiger partial charge in [0.15, 0.2) is 0 Å². The standard InChI is InChI=1S/C14H21NO2S/c1-10(15-18(16)14(2,3)4)12-7-5-6-11-8-17-9-13(11)12/h5-7,10,15H,8-9H2,1-4H3/t10-,18+/m0/s1. The molecule has 0 fully saturated rings. The van der Waals surface area contributed by atoms with Crippen molar-refractivity contribution >= 4 is 11.4 Å². The minimum absolute atomic E-state index is 0.0710. The second-order valence-electron chi connectivity index (χ2n) is 5.70. The lowest BCUT2D eigenvalue weighted by atomic mass is 9.99. The molecule has 0 aliphatic carbocycles. The largest absolute Gasteiger partial charge is 0.598 e. The lowest BCUT2D eigenvalue weighted by Crippen LogP contribution is -2.40. The van der Waals surface area contributed by atoms with Crippen molar-refractivity contribution in [2.75, 3.05) is 0 Å². The minimum atomic E-state index is -1.06. The first-order valence-corrected chi connectivity index (χ1v) is 7.41. The van der Waals surface area contributed by atoms with Gasteiger partial charge in [0.25, 0.3) is 0 Å². The van der Waals surface area contributed by atoms with Crippen molar-refractivity contribution in [3.63, 3.8) is 0 Å². The number of hydrogen-bond donors (Lipinski definition) is 1. The topological polar surface area (TPSA) is 44.3 Å². The second-order valence-corrected chi connectivity index (χ2v) is 7.70. The van der Waals surface area contributed by atoms with Gasteiger partial charge in [-0.25, -0.2) is 0 Å². The predicted molar refractivity (Wildman–Crippen MR) is 74.4 cm³/mol. The molecule has 1 heterocycles. The highest BCUT2D eigenvalue weighted by Crippen LogP contribution is 2.28. The van der Waals surface area contributed by atoms with Gasteiger partial charge in [-0.15, -0.1) is 4.72 Å². The fraction of sp³-hybridized carbons (Fsp3) is 0.571. The highest BCUT2D eigenvalue weighted by Gasteiger charge is 2.29. The first kappa shape index (κ1) is 13.9.